The molecule has 0 aliphatic rings. The largest absolute Gasteiger partial charge is 0.399 e. The maximum Gasteiger partial charge on any atom is 0.252 e. The average Bonchev–Trinajstić information content (AvgIpc) is 2.41. The van der Waals surface area contributed by atoms with Gasteiger partial charge in [-0.2, -0.15) is 0 Å². The monoisotopic (exact) mass is 354 g/mol. The van der Waals surface area contributed by atoms with Gasteiger partial charge in [0, 0.05) is 21.8 Å². The molecule has 2 aromatic rings. The van der Waals surface area contributed by atoms with Crippen LogP contribution in [0.15, 0.2) is 40.9 Å². The van der Waals surface area contributed by atoms with Crippen molar-refractivity contribution in [3.8, 4) is 0 Å². The fraction of sp³-hybridized carbons (Fsp3) is 0.133. The summed E-state index contributed by atoms with van der Waals surface area (Å²) >= 11 is 3.26. The van der Waals surface area contributed by atoms with Crippen LogP contribution in [0, 0.1) is 11.6 Å². The zero-order valence-corrected chi connectivity index (χ0v) is 12.7. The van der Waals surface area contributed by atoms with Crippen molar-refractivity contribution >= 4 is 27.5 Å². The van der Waals surface area contributed by atoms with Crippen LogP contribution in [0.5, 0.6) is 0 Å². The Morgan fingerprint density at radius 1 is 1.24 bits per heavy atom. The topological polar surface area (TPSA) is 55.1 Å². The number of hydrogen-bond acceptors (Lipinski definition) is 2. The maximum atomic E-state index is 13.7. The molecule has 2 rings (SSSR count). The first-order chi connectivity index (χ1) is 9.88. The number of hydrogen-bond donors (Lipinski definition) is 2. The Morgan fingerprint density at radius 2 is 1.95 bits per heavy atom. The highest BCUT2D eigenvalue weighted by molar-refractivity contribution is 9.10. The third-order valence-electron chi connectivity index (χ3n) is 3.01. The summed E-state index contributed by atoms with van der Waals surface area (Å²) < 4.78 is 27.1. The number of rotatable bonds is 3. The lowest BCUT2D eigenvalue weighted by Crippen LogP contribution is -2.27. The SMILES string of the molecule is CC(NC(=O)c1cc(N)ccc1Br)c1ccc(F)cc1F. The van der Waals surface area contributed by atoms with Crippen LogP contribution in [-0.2, 0) is 0 Å². The number of amides is 1. The lowest BCUT2D eigenvalue weighted by Gasteiger charge is -2.16. The quantitative estimate of drug-likeness (QED) is 0.823. The maximum absolute atomic E-state index is 13.7. The van der Waals surface area contributed by atoms with E-state index in [0.717, 1.165) is 12.1 Å². The molecule has 3 nitrogen and oxygen atoms in total. The molecule has 3 N–H and O–H groups in total. The Bertz CT molecular complexity index is 691. The number of halogens is 3. The van der Waals surface area contributed by atoms with Crippen molar-refractivity contribution in [1.29, 1.82) is 0 Å². The number of carbonyl (C=O) groups excluding carboxylic acids is 1. The van der Waals surface area contributed by atoms with Crippen molar-refractivity contribution < 1.29 is 13.6 Å². The fourth-order valence-electron chi connectivity index (χ4n) is 1.92. The van der Waals surface area contributed by atoms with Gasteiger partial charge in [-0.05, 0) is 47.1 Å². The molecule has 0 aliphatic carbocycles. The molecule has 110 valence electrons. The summed E-state index contributed by atoms with van der Waals surface area (Å²) in [7, 11) is 0. The summed E-state index contributed by atoms with van der Waals surface area (Å²) in [5.74, 6) is -1.76. The Morgan fingerprint density at radius 3 is 2.62 bits per heavy atom. The molecule has 0 radical (unpaired) electrons. The van der Waals surface area contributed by atoms with Gasteiger partial charge in [0.25, 0.3) is 5.91 Å². The van der Waals surface area contributed by atoms with E-state index in [0.29, 0.717) is 15.7 Å². The van der Waals surface area contributed by atoms with Crippen LogP contribution in [0.2, 0.25) is 0 Å². The van der Waals surface area contributed by atoms with Crippen LogP contribution >= 0.6 is 15.9 Å². The molecule has 0 saturated carbocycles. The number of benzene rings is 2. The minimum atomic E-state index is -0.700. The van der Waals surface area contributed by atoms with E-state index in [1.807, 2.05) is 0 Å². The molecule has 1 amide bonds. The molecule has 1 atom stereocenters. The van der Waals surface area contributed by atoms with E-state index >= 15 is 0 Å². The highest BCUT2D eigenvalue weighted by atomic mass is 79.9. The van der Waals surface area contributed by atoms with Crippen LogP contribution in [-0.4, -0.2) is 5.91 Å². The van der Waals surface area contributed by atoms with E-state index in [9.17, 15) is 13.6 Å². The van der Waals surface area contributed by atoms with Gasteiger partial charge < -0.3 is 11.1 Å². The van der Waals surface area contributed by atoms with Crippen LogP contribution in [0.1, 0.15) is 28.9 Å². The van der Waals surface area contributed by atoms with Crippen LogP contribution in [0.4, 0.5) is 14.5 Å². The van der Waals surface area contributed by atoms with Gasteiger partial charge in [0.05, 0.1) is 11.6 Å². The number of anilines is 1. The van der Waals surface area contributed by atoms with E-state index in [1.54, 1.807) is 19.1 Å². The van der Waals surface area contributed by atoms with Gasteiger partial charge in [-0.3, -0.25) is 4.79 Å². The number of carbonyl (C=O) groups is 1. The lowest BCUT2D eigenvalue weighted by molar-refractivity contribution is 0.0938. The van der Waals surface area contributed by atoms with Gasteiger partial charge in [-0.25, -0.2) is 8.78 Å². The standard InChI is InChI=1S/C15H13BrF2N2O/c1-8(11-4-2-9(17)6-14(11)18)20-15(21)12-7-10(19)3-5-13(12)16/h2-8H,19H2,1H3,(H,20,21). The normalized spacial score (nSPS) is 12.0. The molecule has 1 unspecified atom stereocenters. The molecule has 0 spiro atoms. The zero-order chi connectivity index (χ0) is 15.6. The summed E-state index contributed by atoms with van der Waals surface area (Å²) in [5.41, 5.74) is 6.66. The Kier molecular flexibility index (Phi) is 4.57. The molecule has 0 fully saturated rings. The van der Waals surface area contributed by atoms with Crippen LogP contribution < -0.4 is 11.1 Å². The van der Waals surface area contributed by atoms with Crippen molar-refractivity contribution in [2.45, 2.75) is 13.0 Å². The van der Waals surface area contributed by atoms with Gasteiger partial charge in [0.2, 0.25) is 0 Å². The second kappa shape index (κ2) is 6.22. The van der Waals surface area contributed by atoms with Gasteiger partial charge in [0.1, 0.15) is 11.6 Å². The fourth-order valence-corrected chi connectivity index (χ4v) is 2.35. The van der Waals surface area contributed by atoms with E-state index in [2.05, 4.69) is 21.2 Å². The molecule has 0 aliphatic heterocycles. The van der Waals surface area contributed by atoms with Gasteiger partial charge >= 0.3 is 0 Å². The van der Waals surface area contributed by atoms with E-state index in [1.165, 1.54) is 12.1 Å². The van der Waals surface area contributed by atoms with Gasteiger partial charge in [-0.15, -0.1) is 0 Å². The third-order valence-corrected chi connectivity index (χ3v) is 3.70. The molecule has 6 heteroatoms. The number of nitrogen functional groups attached to an aromatic ring is 1. The number of nitrogens with one attached hydrogen (secondary N) is 1. The molecule has 0 bridgehead atoms. The van der Waals surface area contributed by atoms with Gasteiger partial charge in [-0.1, -0.05) is 6.07 Å². The number of nitrogens with two attached hydrogens (primary N) is 1. The zero-order valence-electron chi connectivity index (χ0n) is 11.2. The smallest absolute Gasteiger partial charge is 0.252 e. The first-order valence-corrected chi connectivity index (χ1v) is 6.98. The molecular formula is C15H13BrF2N2O. The molecule has 0 aromatic heterocycles. The van der Waals surface area contributed by atoms with E-state index < -0.39 is 23.6 Å². The van der Waals surface area contributed by atoms with Crippen molar-refractivity contribution in [2.24, 2.45) is 0 Å². The second-order valence-electron chi connectivity index (χ2n) is 4.60. The van der Waals surface area contributed by atoms with Crippen molar-refractivity contribution in [2.75, 3.05) is 5.73 Å². The van der Waals surface area contributed by atoms with Crippen molar-refractivity contribution in [1.82, 2.24) is 5.32 Å². The highest BCUT2D eigenvalue weighted by Gasteiger charge is 2.17. The summed E-state index contributed by atoms with van der Waals surface area (Å²) in [6.07, 6.45) is 0. The van der Waals surface area contributed by atoms with Crippen LogP contribution in [0.3, 0.4) is 0 Å². The third kappa shape index (κ3) is 3.58. The van der Waals surface area contributed by atoms with Gasteiger partial charge in [0.15, 0.2) is 0 Å². The Hall–Kier alpha value is -1.95. The first kappa shape index (κ1) is 15.4. The molecule has 21 heavy (non-hydrogen) atoms. The van der Waals surface area contributed by atoms with E-state index in [4.69, 9.17) is 5.73 Å². The average molecular weight is 355 g/mol. The lowest BCUT2D eigenvalue weighted by atomic mass is 10.1. The van der Waals surface area contributed by atoms with Crippen molar-refractivity contribution in [3.05, 3.63) is 63.6 Å². The summed E-state index contributed by atoms with van der Waals surface area (Å²) in [4.78, 5) is 12.2. The summed E-state index contributed by atoms with van der Waals surface area (Å²) in [6.45, 7) is 1.62. The predicted molar refractivity (Wildman–Crippen MR) is 80.8 cm³/mol. The Balaban J connectivity index is 2.20. The Labute approximate surface area is 129 Å². The van der Waals surface area contributed by atoms with E-state index in [-0.39, 0.29) is 5.56 Å². The summed E-state index contributed by atoms with van der Waals surface area (Å²) in [5, 5.41) is 2.65. The predicted octanol–water partition coefficient (Wildman–Crippen LogP) is 3.80. The summed E-state index contributed by atoms with van der Waals surface area (Å²) in [6, 6.07) is 7.48. The molecule has 0 saturated heterocycles. The highest BCUT2D eigenvalue weighted by Crippen LogP contribution is 2.22. The van der Waals surface area contributed by atoms with Crippen molar-refractivity contribution in [3.63, 3.8) is 0 Å². The minimum Gasteiger partial charge on any atom is -0.399 e. The minimum absolute atomic E-state index is 0.213. The molecule has 2 aromatic carbocycles. The van der Waals surface area contributed by atoms with Crippen LogP contribution in [0.25, 0.3) is 0 Å². The first-order valence-electron chi connectivity index (χ1n) is 6.19. The molecule has 0 heterocycles. The second-order valence-corrected chi connectivity index (χ2v) is 5.45. The molecular weight excluding hydrogens is 342 g/mol.